The summed E-state index contributed by atoms with van der Waals surface area (Å²) in [6.07, 6.45) is 0.0169. The van der Waals surface area contributed by atoms with Crippen LogP contribution in [-0.4, -0.2) is 30.5 Å². The van der Waals surface area contributed by atoms with Crippen molar-refractivity contribution in [3.63, 3.8) is 0 Å². The van der Waals surface area contributed by atoms with Gasteiger partial charge in [0, 0.05) is 25.4 Å². The number of nitrogens with zero attached hydrogens (tertiary/aromatic N) is 1. The van der Waals surface area contributed by atoms with Crippen molar-refractivity contribution in [1.29, 1.82) is 0 Å². The molecule has 78 valence electrons. The van der Waals surface area contributed by atoms with Crippen LogP contribution in [0.3, 0.4) is 0 Å². The highest BCUT2D eigenvalue weighted by Gasteiger charge is 2.43. The SMILES string of the molecule is CN1CCC(F)(F)CC1C(C)(C)C. The smallest absolute Gasteiger partial charge is 0.250 e. The molecule has 1 saturated heterocycles. The van der Waals surface area contributed by atoms with Gasteiger partial charge in [-0.3, -0.25) is 0 Å². The first-order valence-corrected chi connectivity index (χ1v) is 4.80. The molecule has 1 aliphatic rings. The summed E-state index contributed by atoms with van der Waals surface area (Å²) >= 11 is 0. The normalized spacial score (nSPS) is 30.5. The van der Waals surface area contributed by atoms with Crippen molar-refractivity contribution in [3.05, 3.63) is 0 Å². The Morgan fingerprint density at radius 3 is 2.23 bits per heavy atom. The molecule has 1 unspecified atom stereocenters. The topological polar surface area (TPSA) is 3.24 Å². The van der Waals surface area contributed by atoms with Gasteiger partial charge in [-0.15, -0.1) is 0 Å². The highest BCUT2D eigenvalue weighted by molar-refractivity contribution is 4.91. The van der Waals surface area contributed by atoms with E-state index in [9.17, 15) is 8.78 Å². The van der Waals surface area contributed by atoms with Crippen LogP contribution < -0.4 is 0 Å². The van der Waals surface area contributed by atoms with E-state index in [2.05, 4.69) is 4.90 Å². The molecule has 13 heavy (non-hydrogen) atoms. The van der Waals surface area contributed by atoms with Crippen LogP contribution in [0.25, 0.3) is 0 Å². The lowest BCUT2D eigenvalue weighted by Crippen LogP contribution is -2.50. The summed E-state index contributed by atoms with van der Waals surface area (Å²) in [4.78, 5) is 2.05. The van der Waals surface area contributed by atoms with Gasteiger partial charge < -0.3 is 4.90 Å². The predicted molar refractivity (Wildman–Crippen MR) is 50.1 cm³/mol. The molecule has 0 aromatic rings. The minimum absolute atomic E-state index is 0.00347. The fraction of sp³-hybridized carbons (Fsp3) is 1.00. The highest BCUT2D eigenvalue weighted by Crippen LogP contribution is 2.38. The molecule has 1 fully saturated rings. The van der Waals surface area contributed by atoms with Crippen LogP contribution in [0.1, 0.15) is 33.6 Å². The van der Waals surface area contributed by atoms with Crippen molar-refractivity contribution in [2.24, 2.45) is 5.41 Å². The molecule has 0 bridgehead atoms. The average Bonchev–Trinajstić information content (AvgIpc) is 1.92. The van der Waals surface area contributed by atoms with E-state index >= 15 is 0 Å². The van der Waals surface area contributed by atoms with E-state index in [-0.39, 0.29) is 24.3 Å². The maximum absolute atomic E-state index is 13.1. The lowest BCUT2D eigenvalue weighted by molar-refractivity contribution is -0.0930. The minimum Gasteiger partial charge on any atom is -0.302 e. The molecule has 0 aromatic carbocycles. The van der Waals surface area contributed by atoms with Crippen molar-refractivity contribution in [3.8, 4) is 0 Å². The zero-order valence-electron chi connectivity index (χ0n) is 8.90. The van der Waals surface area contributed by atoms with Crippen molar-refractivity contribution in [1.82, 2.24) is 4.90 Å². The van der Waals surface area contributed by atoms with E-state index in [1.807, 2.05) is 27.8 Å². The average molecular weight is 191 g/mol. The van der Waals surface area contributed by atoms with Crippen LogP contribution in [0, 0.1) is 5.41 Å². The second-order valence-electron chi connectivity index (χ2n) is 5.17. The third kappa shape index (κ3) is 2.63. The molecule has 0 saturated carbocycles. The first-order valence-electron chi connectivity index (χ1n) is 4.80. The summed E-state index contributed by atoms with van der Waals surface area (Å²) in [6.45, 7) is 6.58. The number of halogens is 2. The van der Waals surface area contributed by atoms with E-state index in [1.165, 1.54) is 0 Å². The second-order valence-corrected chi connectivity index (χ2v) is 5.17. The molecule has 0 aromatic heterocycles. The summed E-state index contributed by atoms with van der Waals surface area (Å²) in [7, 11) is 1.94. The molecule has 0 N–H and O–H groups in total. The van der Waals surface area contributed by atoms with E-state index in [0.29, 0.717) is 6.54 Å². The van der Waals surface area contributed by atoms with Gasteiger partial charge in [0.25, 0.3) is 5.92 Å². The maximum atomic E-state index is 13.1. The summed E-state index contributed by atoms with van der Waals surface area (Å²) in [5.74, 6) is -2.45. The van der Waals surface area contributed by atoms with Gasteiger partial charge in [0.05, 0.1) is 0 Å². The van der Waals surface area contributed by atoms with Crippen molar-refractivity contribution in [2.45, 2.75) is 45.6 Å². The van der Waals surface area contributed by atoms with Crippen LogP contribution in [0.4, 0.5) is 8.78 Å². The number of rotatable bonds is 0. The van der Waals surface area contributed by atoms with E-state index < -0.39 is 5.92 Å². The van der Waals surface area contributed by atoms with Gasteiger partial charge in [0.2, 0.25) is 0 Å². The summed E-state index contributed by atoms with van der Waals surface area (Å²) in [5, 5.41) is 0. The lowest BCUT2D eigenvalue weighted by atomic mass is 9.80. The Balaban J connectivity index is 2.72. The molecule has 0 radical (unpaired) electrons. The number of likely N-dealkylation sites (tertiary alicyclic amines) is 1. The van der Waals surface area contributed by atoms with Crippen molar-refractivity contribution in [2.75, 3.05) is 13.6 Å². The van der Waals surface area contributed by atoms with Crippen LogP contribution in [0.2, 0.25) is 0 Å². The number of alkyl halides is 2. The molecule has 0 amide bonds. The number of piperidine rings is 1. The Morgan fingerprint density at radius 2 is 1.85 bits per heavy atom. The molecule has 0 aliphatic carbocycles. The van der Waals surface area contributed by atoms with E-state index in [0.717, 1.165) is 0 Å². The van der Waals surface area contributed by atoms with Crippen LogP contribution >= 0.6 is 0 Å². The van der Waals surface area contributed by atoms with Crippen molar-refractivity contribution >= 4 is 0 Å². The first kappa shape index (κ1) is 10.9. The molecule has 1 rings (SSSR count). The summed E-state index contributed by atoms with van der Waals surface area (Å²) in [6, 6.07) is -0.00347. The van der Waals surface area contributed by atoms with Gasteiger partial charge in [0.1, 0.15) is 0 Å². The van der Waals surface area contributed by atoms with Crippen LogP contribution in [0.5, 0.6) is 0 Å². The molecule has 1 atom stereocenters. The van der Waals surface area contributed by atoms with E-state index in [4.69, 9.17) is 0 Å². The number of hydrogen-bond acceptors (Lipinski definition) is 1. The van der Waals surface area contributed by atoms with E-state index in [1.54, 1.807) is 0 Å². The Hall–Kier alpha value is -0.180. The lowest BCUT2D eigenvalue weighted by Gasteiger charge is -2.44. The zero-order valence-corrected chi connectivity index (χ0v) is 8.90. The third-order valence-corrected chi connectivity index (χ3v) is 2.85. The molecular formula is C10H19F2N. The molecule has 0 spiro atoms. The molecule has 1 heterocycles. The maximum Gasteiger partial charge on any atom is 0.250 e. The molecular weight excluding hydrogens is 172 g/mol. The predicted octanol–water partition coefficient (Wildman–Crippen LogP) is 2.76. The summed E-state index contributed by atoms with van der Waals surface area (Å²) < 4.78 is 26.3. The minimum atomic E-state index is -2.45. The molecule has 3 heteroatoms. The first-order chi connectivity index (χ1) is 5.72. The van der Waals surface area contributed by atoms with Crippen LogP contribution in [0.15, 0.2) is 0 Å². The Labute approximate surface area is 79.1 Å². The summed E-state index contributed by atoms with van der Waals surface area (Å²) in [5.41, 5.74) is -0.0569. The monoisotopic (exact) mass is 191 g/mol. The highest BCUT2D eigenvalue weighted by atomic mass is 19.3. The van der Waals surface area contributed by atoms with Gasteiger partial charge in [-0.05, 0) is 12.5 Å². The standard InChI is InChI=1S/C10H19F2N/c1-9(2,3)8-7-10(11,12)5-6-13(8)4/h8H,5-7H2,1-4H3. The van der Waals surface area contributed by atoms with Gasteiger partial charge >= 0.3 is 0 Å². The van der Waals surface area contributed by atoms with Crippen molar-refractivity contribution < 1.29 is 8.78 Å². The third-order valence-electron chi connectivity index (χ3n) is 2.85. The fourth-order valence-corrected chi connectivity index (χ4v) is 2.00. The van der Waals surface area contributed by atoms with Gasteiger partial charge in [-0.1, -0.05) is 20.8 Å². The number of hydrogen-bond donors (Lipinski definition) is 0. The fourth-order valence-electron chi connectivity index (χ4n) is 2.00. The Morgan fingerprint density at radius 1 is 1.31 bits per heavy atom. The second kappa shape index (κ2) is 3.19. The largest absolute Gasteiger partial charge is 0.302 e. The quantitative estimate of drug-likeness (QED) is 0.569. The molecule has 1 nitrogen and oxygen atoms in total. The molecule has 1 aliphatic heterocycles. The Bertz CT molecular complexity index is 184. The zero-order chi connectivity index (χ0) is 10.3. The van der Waals surface area contributed by atoms with Gasteiger partial charge in [-0.25, -0.2) is 8.78 Å². The Kier molecular flexibility index (Phi) is 2.68. The van der Waals surface area contributed by atoms with Gasteiger partial charge in [0.15, 0.2) is 0 Å². The van der Waals surface area contributed by atoms with Crippen LogP contribution in [-0.2, 0) is 0 Å². The van der Waals surface area contributed by atoms with Gasteiger partial charge in [-0.2, -0.15) is 0 Å².